The summed E-state index contributed by atoms with van der Waals surface area (Å²) in [5.74, 6) is 0.910. The van der Waals surface area contributed by atoms with Gasteiger partial charge in [0.05, 0.1) is 32.0 Å². The molecule has 1 aromatic heterocycles. The van der Waals surface area contributed by atoms with Gasteiger partial charge in [-0.15, -0.1) is 0 Å². The normalized spacial score (nSPS) is 22.2. The van der Waals surface area contributed by atoms with Gasteiger partial charge in [-0.05, 0) is 42.2 Å². The average Bonchev–Trinajstić information content (AvgIpc) is 3.12. The van der Waals surface area contributed by atoms with Gasteiger partial charge in [0.2, 0.25) is 0 Å². The Bertz CT molecular complexity index is 712. The van der Waals surface area contributed by atoms with Gasteiger partial charge >= 0.3 is 0 Å². The topological polar surface area (TPSA) is 43.8 Å². The van der Waals surface area contributed by atoms with Gasteiger partial charge in [0, 0.05) is 38.4 Å². The van der Waals surface area contributed by atoms with E-state index in [0.717, 1.165) is 50.2 Å². The Morgan fingerprint density at radius 2 is 1.96 bits per heavy atom. The van der Waals surface area contributed by atoms with Gasteiger partial charge in [-0.3, -0.25) is 9.88 Å². The van der Waals surface area contributed by atoms with Crippen molar-refractivity contribution in [3.63, 3.8) is 0 Å². The number of methoxy groups -OCH3 is 1. The van der Waals surface area contributed by atoms with E-state index in [2.05, 4.69) is 28.1 Å². The summed E-state index contributed by atoms with van der Waals surface area (Å²) in [4.78, 5) is 6.66. The molecule has 1 atom stereocenters. The molecule has 2 aliphatic heterocycles. The third-order valence-electron chi connectivity index (χ3n) is 5.72. The predicted molar refractivity (Wildman–Crippen MR) is 104 cm³/mol. The summed E-state index contributed by atoms with van der Waals surface area (Å²) in [6.45, 7) is 4.45. The minimum Gasteiger partial charge on any atom is -0.497 e. The van der Waals surface area contributed by atoms with Crippen LogP contribution in [-0.4, -0.2) is 48.4 Å². The number of rotatable bonds is 6. The lowest BCUT2D eigenvalue weighted by molar-refractivity contribution is -0.0468. The van der Waals surface area contributed by atoms with Crippen LogP contribution in [0, 0.1) is 0 Å². The first-order valence-corrected chi connectivity index (χ1v) is 9.74. The van der Waals surface area contributed by atoms with Crippen LogP contribution in [0.5, 0.6) is 5.75 Å². The second-order valence-electron chi connectivity index (χ2n) is 7.62. The summed E-state index contributed by atoms with van der Waals surface area (Å²) in [6, 6.07) is 12.4. The summed E-state index contributed by atoms with van der Waals surface area (Å²) in [5, 5.41) is 0. The molecule has 2 saturated heterocycles. The molecule has 0 aliphatic carbocycles. The van der Waals surface area contributed by atoms with Crippen LogP contribution in [0.4, 0.5) is 0 Å². The smallest absolute Gasteiger partial charge is 0.118 e. The van der Waals surface area contributed by atoms with Crippen molar-refractivity contribution in [2.45, 2.75) is 44.1 Å². The van der Waals surface area contributed by atoms with E-state index in [9.17, 15) is 0 Å². The highest BCUT2D eigenvalue weighted by Gasteiger charge is 2.43. The molecule has 2 aliphatic rings. The Hall–Kier alpha value is -1.95. The van der Waals surface area contributed by atoms with Crippen molar-refractivity contribution in [3.8, 4) is 5.75 Å². The van der Waals surface area contributed by atoms with Crippen LogP contribution < -0.4 is 4.74 Å². The molecule has 5 heteroatoms. The largest absolute Gasteiger partial charge is 0.497 e. The molecule has 0 radical (unpaired) electrons. The quantitative estimate of drug-likeness (QED) is 0.782. The van der Waals surface area contributed by atoms with Gasteiger partial charge < -0.3 is 14.2 Å². The van der Waals surface area contributed by atoms with Crippen LogP contribution in [0.1, 0.15) is 30.4 Å². The van der Waals surface area contributed by atoms with Crippen molar-refractivity contribution in [2.75, 3.05) is 26.8 Å². The zero-order valence-corrected chi connectivity index (χ0v) is 16.0. The van der Waals surface area contributed by atoms with E-state index in [4.69, 9.17) is 14.2 Å². The first kappa shape index (κ1) is 18.4. The van der Waals surface area contributed by atoms with E-state index < -0.39 is 0 Å². The number of aromatic nitrogens is 1. The molecule has 0 bridgehead atoms. The van der Waals surface area contributed by atoms with Crippen LogP contribution in [0.25, 0.3) is 0 Å². The zero-order valence-electron chi connectivity index (χ0n) is 16.0. The van der Waals surface area contributed by atoms with Crippen molar-refractivity contribution >= 4 is 0 Å². The van der Waals surface area contributed by atoms with Crippen molar-refractivity contribution < 1.29 is 14.2 Å². The lowest BCUT2D eigenvalue weighted by atomic mass is 9.88. The summed E-state index contributed by atoms with van der Waals surface area (Å²) < 4.78 is 17.5. The Kier molecular flexibility index (Phi) is 5.72. The Balaban J connectivity index is 1.23. The molecule has 4 rings (SSSR count). The fourth-order valence-electron chi connectivity index (χ4n) is 4.06. The molecule has 2 fully saturated rings. The molecule has 2 aromatic rings. The van der Waals surface area contributed by atoms with Crippen molar-refractivity contribution in [3.05, 3.63) is 59.9 Å². The third-order valence-corrected chi connectivity index (χ3v) is 5.72. The van der Waals surface area contributed by atoms with E-state index in [0.29, 0.717) is 13.2 Å². The average molecular weight is 368 g/mol. The molecule has 0 saturated carbocycles. The number of pyridine rings is 1. The standard InChI is InChI=1S/C22H28N2O3/c1-25-20-6-4-18(5-7-20)15-24-11-8-22(9-12-24)13-21(17-27-22)26-16-19-3-2-10-23-14-19/h2-7,10,14,21H,8-9,11-13,15-17H2,1H3/t21-/m1/s1. The molecular weight excluding hydrogens is 340 g/mol. The minimum absolute atomic E-state index is 0.00993. The number of hydrogen-bond acceptors (Lipinski definition) is 5. The van der Waals surface area contributed by atoms with E-state index in [1.807, 2.05) is 24.4 Å². The maximum atomic E-state index is 6.23. The number of likely N-dealkylation sites (tertiary alicyclic amines) is 1. The fourth-order valence-corrected chi connectivity index (χ4v) is 4.06. The lowest BCUT2D eigenvalue weighted by Gasteiger charge is -2.38. The van der Waals surface area contributed by atoms with Crippen LogP contribution in [0.15, 0.2) is 48.8 Å². The molecule has 1 spiro atoms. The predicted octanol–water partition coefficient (Wildman–Crippen LogP) is 3.43. The number of hydrogen-bond donors (Lipinski definition) is 0. The molecule has 27 heavy (non-hydrogen) atoms. The van der Waals surface area contributed by atoms with Gasteiger partial charge in [0.15, 0.2) is 0 Å². The lowest BCUT2D eigenvalue weighted by Crippen LogP contribution is -2.43. The summed E-state index contributed by atoms with van der Waals surface area (Å²) >= 11 is 0. The molecule has 0 N–H and O–H groups in total. The van der Waals surface area contributed by atoms with Gasteiger partial charge in [0.1, 0.15) is 5.75 Å². The highest BCUT2D eigenvalue weighted by atomic mass is 16.6. The monoisotopic (exact) mass is 368 g/mol. The molecule has 3 heterocycles. The van der Waals surface area contributed by atoms with Gasteiger partial charge in [0.25, 0.3) is 0 Å². The van der Waals surface area contributed by atoms with E-state index in [-0.39, 0.29) is 11.7 Å². The summed E-state index contributed by atoms with van der Waals surface area (Å²) in [5.41, 5.74) is 2.46. The fraction of sp³-hybridized carbons (Fsp3) is 0.500. The Morgan fingerprint density at radius 1 is 1.15 bits per heavy atom. The first-order chi connectivity index (χ1) is 13.2. The van der Waals surface area contributed by atoms with Gasteiger partial charge in [-0.25, -0.2) is 0 Å². The number of piperidine rings is 1. The second kappa shape index (κ2) is 8.38. The van der Waals surface area contributed by atoms with Crippen molar-refractivity contribution in [2.24, 2.45) is 0 Å². The first-order valence-electron chi connectivity index (χ1n) is 9.74. The van der Waals surface area contributed by atoms with Crippen LogP contribution in [0.3, 0.4) is 0 Å². The van der Waals surface area contributed by atoms with Gasteiger partial charge in [-0.1, -0.05) is 18.2 Å². The molecule has 0 amide bonds. The zero-order chi connectivity index (χ0) is 18.5. The van der Waals surface area contributed by atoms with Crippen LogP contribution in [0.2, 0.25) is 0 Å². The highest BCUT2D eigenvalue weighted by Crippen LogP contribution is 2.37. The summed E-state index contributed by atoms with van der Waals surface area (Å²) in [7, 11) is 1.70. The maximum absolute atomic E-state index is 6.23. The molecule has 5 nitrogen and oxygen atoms in total. The number of benzene rings is 1. The second-order valence-corrected chi connectivity index (χ2v) is 7.62. The van der Waals surface area contributed by atoms with Crippen LogP contribution >= 0.6 is 0 Å². The molecule has 144 valence electrons. The molecule has 0 unspecified atom stereocenters. The van der Waals surface area contributed by atoms with E-state index >= 15 is 0 Å². The summed E-state index contributed by atoms with van der Waals surface area (Å²) in [6.07, 6.45) is 7.01. The van der Waals surface area contributed by atoms with Gasteiger partial charge in [-0.2, -0.15) is 0 Å². The minimum atomic E-state index is 0.00993. The van der Waals surface area contributed by atoms with Crippen molar-refractivity contribution in [1.82, 2.24) is 9.88 Å². The number of nitrogens with zero attached hydrogens (tertiary/aromatic N) is 2. The SMILES string of the molecule is COc1ccc(CN2CCC3(CC2)C[C@@H](OCc2cccnc2)CO3)cc1. The number of ether oxygens (including phenoxy) is 3. The highest BCUT2D eigenvalue weighted by molar-refractivity contribution is 5.27. The molecule has 1 aromatic carbocycles. The van der Waals surface area contributed by atoms with Crippen molar-refractivity contribution in [1.29, 1.82) is 0 Å². The van der Waals surface area contributed by atoms with E-state index in [1.165, 1.54) is 5.56 Å². The maximum Gasteiger partial charge on any atom is 0.118 e. The Morgan fingerprint density at radius 3 is 2.67 bits per heavy atom. The van der Waals surface area contributed by atoms with Crippen LogP contribution in [-0.2, 0) is 22.6 Å². The molecular formula is C22H28N2O3. The Labute approximate surface area is 161 Å². The third kappa shape index (κ3) is 4.67. The van der Waals surface area contributed by atoms with E-state index in [1.54, 1.807) is 13.3 Å².